The summed E-state index contributed by atoms with van der Waals surface area (Å²) < 4.78 is 5.13. The van der Waals surface area contributed by atoms with Crippen LogP contribution < -0.4 is 10.7 Å². The minimum absolute atomic E-state index is 0.118. The number of amides is 1. The number of H-pyrrole nitrogens is 1. The zero-order valence-corrected chi connectivity index (χ0v) is 9.10. The van der Waals surface area contributed by atoms with Crippen molar-refractivity contribution in [3.05, 3.63) is 58.4 Å². The summed E-state index contributed by atoms with van der Waals surface area (Å²) in [6, 6.07) is 4.95. The molecule has 0 spiro atoms. The predicted molar refractivity (Wildman–Crippen MR) is 61.8 cm³/mol. The lowest BCUT2D eigenvalue weighted by Gasteiger charge is -2.02. The number of carbonyl (C=O) groups excluding carboxylic acids is 1. The standard InChI is InChI=1S/C12H12N2O3/c15-11-4-5-13-8-10(11)12(16)14-6-3-9-2-1-7-17-9/h1-2,4-5,7-8H,3,6H2,(H,13,15)(H,14,16). The van der Waals surface area contributed by atoms with Crippen LogP contribution in [0.15, 0.2) is 46.1 Å². The van der Waals surface area contributed by atoms with Crippen molar-refractivity contribution in [2.24, 2.45) is 0 Å². The Bertz CT molecular complexity index is 543. The van der Waals surface area contributed by atoms with E-state index in [2.05, 4.69) is 10.3 Å². The third-order valence-electron chi connectivity index (χ3n) is 2.31. The van der Waals surface area contributed by atoms with E-state index < -0.39 is 0 Å². The van der Waals surface area contributed by atoms with E-state index in [-0.39, 0.29) is 16.9 Å². The zero-order valence-electron chi connectivity index (χ0n) is 9.10. The number of hydrogen-bond acceptors (Lipinski definition) is 3. The molecule has 0 fully saturated rings. The van der Waals surface area contributed by atoms with Gasteiger partial charge in [0.1, 0.15) is 11.3 Å². The maximum atomic E-state index is 11.6. The van der Waals surface area contributed by atoms with Crippen molar-refractivity contribution in [2.45, 2.75) is 6.42 Å². The highest BCUT2D eigenvalue weighted by molar-refractivity contribution is 5.93. The van der Waals surface area contributed by atoms with Crippen LogP contribution >= 0.6 is 0 Å². The lowest BCUT2D eigenvalue weighted by atomic mass is 10.2. The molecule has 17 heavy (non-hydrogen) atoms. The van der Waals surface area contributed by atoms with Gasteiger partial charge >= 0.3 is 0 Å². The second-order valence-corrected chi connectivity index (χ2v) is 3.51. The summed E-state index contributed by atoms with van der Waals surface area (Å²) >= 11 is 0. The molecule has 2 heterocycles. The number of rotatable bonds is 4. The van der Waals surface area contributed by atoms with Gasteiger partial charge in [-0.3, -0.25) is 9.59 Å². The molecular weight excluding hydrogens is 220 g/mol. The Morgan fingerprint density at radius 1 is 1.41 bits per heavy atom. The molecule has 2 rings (SSSR count). The molecule has 2 N–H and O–H groups in total. The molecule has 0 aliphatic heterocycles. The quantitative estimate of drug-likeness (QED) is 0.823. The van der Waals surface area contributed by atoms with E-state index in [9.17, 15) is 9.59 Å². The van der Waals surface area contributed by atoms with Crippen molar-refractivity contribution < 1.29 is 9.21 Å². The van der Waals surface area contributed by atoms with Gasteiger partial charge in [-0.05, 0) is 12.1 Å². The molecule has 0 aliphatic rings. The summed E-state index contributed by atoms with van der Waals surface area (Å²) in [4.78, 5) is 25.7. The van der Waals surface area contributed by atoms with Crippen LogP contribution in [0, 0.1) is 0 Å². The van der Waals surface area contributed by atoms with Gasteiger partial charge in [-0.25, -0.2) is 0 Å². The van der Waals surface area contributed by atoms with Crippen molar-refractivity contribution in [1.29, 1.82) is 0 Å². The average molecular weight is 232 g/mol. The topological polar surface area (TPSA) is 75.1 Å². The largest absolute Gasteiger partial charge is 0.469 e. The minimum atomic E-state index is -0.376. The van der Waals surface area contributed by atoms with E-state index in [1.807, 2.05) is 6.07 Å². The minimum Gasteiger partial charge on any atom is -0.469 e. The van der Waals surface area contributed by atoms with E-state index in [0.29, 0.717) is 13.0 Å². The normalized spacial score (nSPS) is 10.1. The first-order chi connectivity index (χ1) is 8.27. The van der Waals surface area contributed by atoms with Crippen molar-refractivity contribution >= 4 is 5.91 Å². The van der Waals surface area contributed by atoms with Crippen molar-refractivity contribution in [1.82, 2.24) is 10.3 Å². The molecule has 0 radical (unpaired) electrons. The first-order valence-corrected chi connectivity index (χ1v) is 5.25. The fraction of sp³-hybridized carbons (Fsp3) is 0.167. The number of hydrogen-bond donors (Lipinski definition) is 2. The maximum Gasteiger partial charge on any atom is 0.256 e. The van der Waals surface area contributed by atoms with Crippen LogP contribution in [0.3, 0.4) is 0 Å². The summed E-state index contributed by atoms with van der Waals surface area (Å²) in [6.45, 7) is 0.431. The number of furan rings is 1. The number of aromatic nitrogens is 1. The Labute approximate surface area is 97.5 Å². The van der Waals surface area contributed by atoms with E-state index in [1.54, 1.807) is 12.3 Å². The summed E-state index contributed by atoms with van der Waals surface area (Å²) in [5.41, 5.74) is -0.175. The molecule has 0 saturated carbocycles. The van der Waals surface area contributed by atoms with Crippen molar-refractivity contribution in [2.75, 3.05) is 6.54 Å². The lowest BCUT2D eigenvalue weighted by Crippen LogP contribution is -2.29. The highest BCUT2D eigenvalue weighted by Gasteiger charge is 2.08. The van der Waals surface area contributed by atoms with Crippen molar-refractivity contribution in [3.8, 4) is 0 Å². The van der Waals surface area contributed by atoms with Gasteiger partial charge in [-0.15, -0.1) is 0 Å². The Balaban J connectivity index is 1.90. The van der Waals surface area contributed by atoms with Crippen LogP contribution in [0.1, 0.15) is 16.1 Å². The molecule has 0 aromatic carbocycles. The fourth-order valence-corrected chi connectivity index (χ4v) is 1.44. The predicted octanol–water partition coefficient (Wildman–Crippen LogP) is 0.940. The van der Waals surface area contributed by atoms with Gasteiger partial charge in [0.2, 0.25) is 0 Å². The molecule has 0 aliphatic carbocycles. The fourth-order valence-electron chi connectivity index (χ4n) is 1.44. The van der Waals surface area contributed by atoms with Crippen LogP contribution in [-0.4, -0.2) is 17.4 Å². The van der Waals surface area contributed by atoms with E-state index in [1.165, 1.54) is 18.5 Å². The Hall–Kier alpha value is -2.30. The number of carbonyl (C=O) groups is 1. The molecule has 88 valence electrons. The molecule has 1 amide bonds. The summed E-state index contributed by atoms with van der Waals surface area (Å²) in [7, 11) is 0. The maximum absolute atomic E-state index is 11.6. The summed E-state index contributed by atoms with van der Waals surface area (Å²) in [5, 5.41) is 2.66. The molecule has 0 bridgehead atoms. The van der Waals surface area contributed by atoms with Gasteiger partial charge in [0, 0.05) is 31.4 Å². The zero-order chi connectivity index (χ0) is 12.1. The molecule has 2 aromatic heterocycles. The van der Waals surface area contributed by atoms with Gasteiger partial charge in [0.05, 0.1) is 6.26 Å². The van der Waals surface area contributed by atoms with Gasteiger partial charge in [-0.2, -0.15) is 0 Å². The second-order valence-electron chi connectivity index (χ2n) is 3.51. The SMILES string of the molecule is O=C(NCCc1ccco1)c1c[nH]ccc1=O. The smallest absolute Gasteiger partial charge is 0.256 e. The van der Waals surface area contributed by atoms with E-state index in [4.69, 9.17) is 4.42 Å². The number of pyridine rings is 1. The molecule has 0 atom stereocenters. The van der Waals surface area contributed by atoms with Gasteiger partial charge < -0.3 is 14.7 Å². The van der Waals surface area contributed by atoms with Gasteiger partial charge in [-0.1, -0.05) is 0 Å². The summed E-state index contributed by atoms with van der Waals surface area (Å²) in [6.07, 6.45) is 5.06. The first kappa shape index (κ1) is 11.2. The average Bonchev–Trinajstić information content (AvgIpc) is 2.82. The van der Waals surface area contributed by atoms with Crippen LogP contribution in [0.25, 0.3) is 0 Å². The van der Waals surface area contributed by atoms with Crippen LogP contribution in [0.2, 0.25) is 0 Å². The van der Waals surface area contributed by atoms with Crippen molar-refractivity contribution in [3.63, 3.8) is 0 Å². The van der Waals surface area contributed by atoms with E-state index >= 15 is 0 Å². The molecular formula is C12H12N2O3. The molecule has 0 unspecified atom stereocenters. The highest BCUT2D eigenvalue weighted by Crippen LogP contribution is 1.99. The number of nitrogens with one attached hydrogen (secondary N) is 2. The van der Waals surface area contributed by atoms with Gasteiger partial charge in [0.15, 0.2) is 5.43 Å². The Morgan fingerprint density at radius 3 is 3.00 bits per heavy atom. The summed E-state index contributed by atoms with van der Waals surface area (Å²) in [5.74, 6) is 0.422. The second kappa shape index (κ2) is 5.16. The van der Waals surface area contributed by atoms with Crippen LogP contribution in [-0.2, 0) is 6.42 Å². The molecule has 5 nitrogen and oxygen atoms in total. The number of aromatic amines is 1. The third kappa shape index (κ3) is 2.84. The third-order valence-corrected chi connectivity index (χ3v) is 2.31. The Morgan fingerprint density at radius 2 is 2.29 bits per heavy atom. The lowest BCUT2D eigenvalue weighted by molar-refractivity contribution is 0.0952. The molecule has 5 heteroatoms. The first-order valence-electron chi connectivity index (χ1n) is 5.25. The van der Waals surface area contributed by atoms with E-state index in [0.717, 1.165) is 5.76 Å². The van der Waals surface area contributed by atoms with Crippen LogP contribution in [0.4, 0.5) is 0 Å². The van der Waals surface area contributed by atoms with Gasteiger partial charge in [0.25, 0.3) is 5.91 Å². The molecule has 2 aromatic rings. The Kier molecular flexibility index (Phi) is 3.40. The highest BCUT2D eigenvalue weighted by atomic mass is 16.3. The van der Waals surface area contributed by atoms with Crippen LogP contribution in [0.5, 0.6) is 0 Å². The molecule has 0 saturated heterocycles. The monoisotopic (exact) mass is 232 g/mol.